The smallest absolute Gasteiger partial charge is 0.295 e. The number of ether oxygens (including phenoxy) is 1. The van der Waals surface area contributed by atoms with Crippen molar-refractivity contribution >= 4 is 39.8 Å². The van der Waals surface area contributed by atoms with Crippen LogP contribution in [0, 0.1) is 0 Å². The fraction of sp³-hybridized carbons (Fsp3) is 0.167. The second-order valence-electron chi connectivity index (χ2n) is 7.06. The Balaban J connectivity index is 1.95. The molecule has 0 radical (unpaired) electrons. The number of rotatable bonds is 5. The molecule has 0 bridgehead atoms. The third-order valence-corrected chi connectivity index (χ3v) is 5.56. The largest absolute Gasteiger partial charge is 0.507 e. The van der Waals surface area contributed by atoms with Crippen molar-refractivity contribution in [1.82, 2.24) is 4.90 Å². The van der Waals surface area contributed by atoms with Gasteiger partial charge in [0.2, 0.25) is 0 Å². The van der Waals surface area contributed by atoms with E-state index >= 15 is 0 Å². The summed E-state index contributed by atoms with van der Waals surface area (Å²) in [5, 5.41) is 13.5. The summed E-state index contributed by atoms with van der Waals surface area (Å²) >= 11 is 5.96. The minimum Gasteiger partial charge on any atom is -0.507 e. The summed E-state index contributed by atoms with van der Waals surface area (Å²) < 4.78 is 5.15. The van der Waals surface area contributed by atoms with E-state index in [9.17, 15) is 14.7 Å². The van der Waals surface area contributed by atoms with Gasteiger partial charge in [-0.2, -0.15) is 0 Å². The molecule has 5 nitrogen and oxygen atoms in total. The highest BCUT2D eigenvalue weighted by Gasteiger charge is 2.46. The van der Waals surface area contributed by atoms with Crippen LogP contribution in [0.1, 0.15) is 17.2 Å². The van der Waals surface area contributed by atoms with Crippen LogP contribution in [-0.4, -0.2) is 42.0 Å². The van der Waals surface area contributed by atoms with E-state index in [1.165, 1.54) is 12.0 Å². The molecule has 1 fully saturated rings. The van der Waals surface area contributed by atoms with Crippen molar-refractivity contribution < 1.29 is 19.4 Å². The number of Topliss-reactive ketones (excluding diaryl/α,β-unsaturated/α-hetero) is 1. The van der Waals surface area contributed by atoms with Crippen molar-refractivity contribution in [2.24, 2.45) is 0 Å². The van der Waals surface area contributed by atoms with Gasteiger partial charge in [-0.05, 0) is 40.6 Å². The zero-order valence-corrected chi connectivity index (χ0v) is 17.1. The third-order valence-electron chi connectivity index (χ3n) is 5.31. The van der Waals surface area contributed by atoms with Crippen LogP contribution in [0.4, 0.5) is 0 Å². The third kappa shape index (κ3) is 3.47. The predicted octanol–water partition coefficient (Wildman–Crippen LogP) is 4.56. The van der Waals surface area contributed by atoms with Crippen LogP contribution in [-0.2, 0) is 14.3 Å². The van der Waals surface area contributed by atoms with Crippen molar-refractivity contribution in [3.8, 4) is 0 Å². The summed E-state index contributed by atoms with van der Waals surface area (Å²) in [5.41, 5.74) is 1.27. The molecule has 1 aliphatic rings. The average molecular weight is 422 g/mol. The van der Waals surface area contributed by atoms with Crippen molar-refractivity contribution in [3.05, 3.63) is 88.5 Å². The summed E-state index contributed by atoms with van der Waals surface area (Å²) in [4.78, 5) is 27.4. The fourth-order valence-electron chi connectivity index (χ4n) is 3.88. The number of aliphatic hydroxyl groups excluding tert-OH is 1. The molecule has 30 heavy (non-hydrogen) atoms. The van der Waals surface area contributed by atoms with E-state index in [0.29, 0.717) is 10.6 Å². The Bertz CT molecular complexity index is 1150. The van der Waals surface area contributed by atoms with Crippen LogP contribution in [0.25, 0.3) is 16.5 Å². The first-order valence-electron chi connectivity index (χ1n) is 9.54. The number of fused-ring (bicyclic) bond motifs is 1. The molecule has 1 atom stereocenters. The number of halogens is 1. The number of aliphatic hydroxyl groups is 1. The molecular weight excluding hydrogens is 402 g/mol. The second kappa shape index (κ2) is 8.30. The van der Waals surface area contributed by atoms with Gasteiger partial charge in [-0.25, -0.2) is 0 Å². The maximum atomic E-state index is 13.0. The molecule has 1 saturated heterocycles. The van der Waals surface area contributed by atoms with Crippen molar-refractivity contribution in [3.63, 3.8) is 0 Å². The first-order chi connectivity index (χ1) is 14.5. The standard InChI is InChI=1S/C24H20ClNO4/c1-30-14-13-26-21(19-8-4-6-15-5-2-3-7-18(15)19)20(23(28)24(26)29)22(27)16-9-11-17(25)12-10-16/h2-12,21,27H,13-14H2,1H3/b22-20+/t21-/m0/s1. The second-order valence-corrected chi connectivity index (χ2v) is 7.50. The zero-order valence-electron chi connectivity index (χ0n) is 16.3. The lowest BCUT2D eigenvalue weighted by atomic mass is 9.91. The van der Waals surface area contributed by atoms with E-state index in [4.69, 9.17) is 16.3 Å². The summed E-state index contributed by atoms with van der Waals surface area (Å²) in [6.07, 6.45) is 0. The number of hydrogen-bond acceptors (Lipinski definition) is 4. The number of likely N-dealkylation sites (tertiary alicyclic amines) is 1. The predicted molar refractivity (Wildman–Crippen MR) is 116 cm³/mol. The van der Waals surface area contributed by atoms with E-state index in [-0.39, 0.29) is 24.5 Å². The quantitative estimate of drug-likeness (QED) is 0.372. The number of carbonyl (C=O) groups excluding carboxylic acids is 2. The van der Waals surface area contributed by atoms with Crippen LogP contribution < -0.4 is 0 Å². The molecular formula is C24H20ClNO4. The van der Waals surface area contributed by atoms with E-state index in [0.717, 1.165) is 16.3 Å². The number of ketones is 1. The Morgan fingerprint density at radius 2 is 1.73 bits per heavy atom. The summed E-state index contributed by atoms with van der Waals surface area (Å²) in [5.74, 6) is -1.58. The topological polar surface area (TPSA) is 66.8 Å². The molecule has 4 rings (SSSR count). The normalized spacial score (nSPS) is 18.3. The monoisotopic (exact) mass is 421 g/mol. The van der Waals surface area contributed by atoms with Gasteiger partial charge in [0.15, 0.2) is 0 Å². The van der Waals surface area contributed by atoms with Gasteiger partial charge in [-0.15, -0.1) is 0 Å². The molecule has 6 heteroatoms. The van der Waals surface area contributed by atoms with Crippen LogP contribution >= 0.6 is 11.6 Å². The lowest BCUT2D eigenvalue weighted by molar-refractivity contribution is -0.140. The number of amides is 1. The minimum absolute atomic E-state index is 0.0646. The highest BCUT2D eigenvalue weighted by Crippen LogP contribution is 2.41. The zero-order chi connectivity index (χ0) is 21.3. The molecule has 3 aromatic rings. The average Bonchev–Trinajstić information content (AvgIpc) is 3.02. The van der Waals surface area contributed by atoms with Gasteiger partial charge in [-0.3, -0.25) is 9.59 Å². The molecule has 0 spiro atoms. The van der Waals surface area contributed by atoms with Crippen LogP contribution in [0.2, 0.25) is 5.02 Å². The fourth-order valence-corrected chi connectivity index (χ4v) is 4.00. The molecule has 1 N–H and O–H groups in total. The van der Waals surface area contributed by atoms with Crippen LogP contribution in [0.5, 0.6) is 0 Å². The maximum Gasteiger partial charge on any atom is 0.295 e. The first kappa shape index (κ1) is 20.1. The first-order valence-corrected chi connectivity index (χ1v) is 9.91. The Morgan fingerprint density at radius 1 is 1.03 bits per heavy atom. The molecule has 0 aliphatic carbocycles. The molecule has 3 aromatic carbocycles. The lowest BCUT2D eigenvalue weighted by Crippen LogP contribution is -2.32. The SMILES string of the molecule is COCCN1C(=O)C(=O)/C(=C(/O)c2ccc(Cl)cc2)[C@@H]1c1cccc2ccccc12. The van der Waals surface area contributed by atoms with Gasteiger partial charge in [0.1, 0.15) is 5.76 Å². The molecule has 0 saturated carbocycles. The van der Waals surface area contributed by atoms with E-state index in [1.54, 1.807) is 24.3 Å². The highest BCUT2D eigenvalue weighted by atomic mass is 35.5. The number of hydrogen-bond donors (Lipinski definition) is 1. The van der Waals surface area contributed by atoms with Gasteiger partial charge < -0.3 is 14.7 Å². The molecule has 152 valence electrons. The van der Waals surface area contributed by atoms with Crippen molar-refractivity contribution in [2.45, 2.75) is 6.04 Å². The van der Waals surface area contributed by atoms with Gasteiger partial charge in [0.05, 0.1) is 18.2 Å². The Kier molecular flexibility index (Phi) is 5.57. The van der Waals surface area contributed by atoms with Gasteiger partial charge >= 0.3 is 0 Å². The number of methoxy groups -OCH3 is 1. The highest BCUT2D eigenvalue weighted by molar-refractivity contribution is 6.46. The minimum atomic E-state index is -0.720. The lowest BCUT2D eigenvalue weighted by Gasteiger charge is -2.26. The Hall–Kier alpha value is -3.15. The van der Waals surface area contributed by atoms with Gasteiger partial charge in [0.25, 0.3) is 11.7 Å². The van der Waals surface area contributed by atoms with Crippen molar-refractivity contribution in [1.29, 1.82) is 0 Å². The molecule has 1 aliphatic heterocycles. The number of benzene rings is 3. The Labute approximate surface area is 179 Å². The summed E-state index contributed by atoms with van der Waals surface area (Å²) in [7, 11) is 1.54. The van der Waals surface area contributed by atoms with Gasteiger partial charge in [0, 0.05) is 24.2 Å². The maximum absolute atomic E-state index is 13.0. The van der Waals surface area contributed by atoms with E-state index in [1.807, 2.05) is 42.5 Å². The van der Waals surface area contributed by atoms with Crippen LogP contribution in [0.3, 0.4) is 0 Å². The number of carbonyl (C=O) groups is 2. The molecule has 1 heterocycles. The van der Waals surface area contributed by atoms with Crippen molar-refractivity contribution in [2.75, 3.05) is 20.3 Å². The van der Waals surface area contributed by atoms with E-state index < -0.39 is 17.7 Å². The van der Waals surface area contributed by atoms with Gasteiger partial charge in [-0.1, -0.05) is 54.1 Å². The van der Waals surface area contributed by atoms with Crippen LogP contribution in [0.15, 0.2) is 72.3 Å². The molecule has 0 unspecified atom stereocenters. The molecule has 1 amide bonds. The summed E-state index contributed by atoms with van der Waals surface area (Å²) in [6, 6.07) is 19.3. The Morgan fingerprint density at radius 3 is 2.47 bits per heavy atom. The molecule has 0 aromatic heterocycles. The van der Waals surface area contributed by atoms with E-state index in [2.05, 4.69) is 0 Å². The number of nitrogens with zero attached hydrogens (tertiary/aromatic N) is 1. The summed E-state index contributed by atoms with van der Waals surface area (Å²) in [6.45, 7) is 0.502.